The van der Waals surface area contributed by atoms with Crippen molar-refractivity contribution < 1.29 is 9.18 Å². The number of thioether (sulfide) groups is 1. The zero-order chi connectivity index (χ0) is 12.3. The average molecular weight is 252 g/mol. The molecule has 1 fully saturated rings. The second-order valence-corrected chi connectivity index (χ2v) is 5.88. The Kier molecular flexibility index (Phi) is 4.21. The van der Waals surface area contributed by atoms with Crippen molar-refractivity contribution in [3.05, 3.63) is 35.1 Å². The molecule has 1 nitrogen and oxygen atoms in total. The molecule has 1 aliphatic heterocycles. The summed E-state index contributed by atoms with van der Waals surface area (Å²) in [7, 11) is 0. The molecule has 1 atom stereocenters. The zero-order valence-electron chi connectivity index (χ0n) is 10.0. The first-order valence-electron chi connectivity index (χ1n) is 6.06. The molecule has 1 aliphatic rings. The summed E-state index contributed by atoms with van der Waals surface area (Å²) in [6.45, 7) is 1.93. The maximum atomic E-state index is 13.1. The highest BCUT2D eigenvalue weighted by atomic mass is 32.2. The van der Waals surface area contributed by atoms with E-state index in [1.54, 1.807) is 17.8 Å². The fraction of sp³-hybridized carbons (Fsp3) is 0.500. The molecule has 1 saturated heterocycles. The Morgan fingerprint density at radius 1 is 1.47 bits per heavy atom. The van der Waals surface area contributed by atoms with Crippen LogP contribution in [0.1, 0.15) is 30.4 Å². The van der Waals surface area contributed by atoms with Gasteiger partial charge >= 0.3 is 0 Å². The number of benzene rings is 1. The molecule has 0 radical (unpaired) electrons. The molecule has 0 aliphatic carbocycles. The maximum Gasteiger partial charge on any atom is 0.150 e. The lowest BCUT2D eigenvalue weighted by Gasteiger charge is -2.20. The van der Waals surface area contributed by atoms with E-state index in [0.717, 1.165) is 29.7 Å². The number of hydrogen-bond donors (Lipinski definition) is 0. The summed E-state index contributed by atoms with van der Waals surface area (Å²) in [5.74, 6) is 1.08. The van der Waals surface area contributed by atoms with Crippen LogP contribution in [0, 0.1) is 12.7 Å². The highest BCUT2D eigenvalue weighted by Gasteiger charge is 2.22. The van der Waals surface area contributed by atoms with E-state index >= 15 is 0 Å². The van der Waals surface area contributed by atoms with Crippen LogP contribution in [0.25, 0.3) is 0 Å². The largest absolute Gasteiger partial charge is 0.298 e. The highest BCUT2D eigenvalue weighted by molar-refractivity contribution is 8.00. The Hall–Kier alpha value is -0.830. The number of ketones is 1. The predicted octanol–water partition coefficient (Wildman–Crippen LogP) is 3.53. The molecule has 17 heavy (non-hydrogen) atoms. The van der Waals surface area contributed by atoms with E-state index in [-0.39, 0.29) is 16.9 Å². The number of rotatable bonds is 3. The summed E-state index contributed by atoms with van der Waals surface area (Å²) in [6, 6.07) is 4.67. The molecule has 1 aromatic carbocycles. The maximum absolute atomic E-state index is 13.1. The molecule has 1 heterocycles. The van der Waals surface area contributed by atoms with E-state index in [9.17, 15) is 9.18 Å². The number of halogens is 1. The summed E-state index contributed by atoms with van der Waals surface area (Å²) in [5, 5.41) is 0.131. The Balaban J connectivity index is 2.04. The molecule has 0 N–H and O–H groups in total. The monoisotopic (exact) mass is 252 g/mol. The molecule has 0 amide bonds. The minimum atomic E-state index is -0.255. The van der Waals surface area contributed by atoms with E-state index in [4.69, 9.17) is 0 Å². The number of Topliss-reactive ketones (excluding diaryl/α,β-unsaturated/α-hetero) is 1. The molecule has 2 rings (SSSR count). The first-order valence-corrected chi connectivity index (χ1v) is 7.11. The molecule has 0 saturated carbocycles. The van der Waals surface area contributed by atoms with E-state index in [1.807, 2.05) is 6.92 Å². The second-order valence-electron chi connectivity index (χ2n) is 4.57. The van der Waals surface area contributed by atoms with E-state index in [1.165, 1.54) is 18.6 Å². The fourth-order valence-electron chi connectivity index (χ4n) is 2.13. The van der Waals surface area contributed by atoms with Crippen LogP contribution in [0.15, 0.2) is 18.2 Å². The van der Waals surface area contributed by atoms with E-state index in [0.29, 0.717) is 6.42 Å². The third-order valence-electron chi connectivity index (χ3n) is 3.21. The third kappa shape index (κ3) is 3.32. The number of carbonyl (C=O) groups is 1. The normalized spacial score (nSPS) is 20.2. The lowest BCUT2D eigenvalue weighted by atomic mass is 10.00. The quantitative estimate of drug-likeness (QED) is 0.818. The van der Waals surface area contributed by atoms with Crippen LogP contribution in [0.2, 0.25) is 0 Å². The van der Waals surface area contributed by atoms with Crippen molar-refractivity contribution in [1.29, 1.82) is 0 Å². The van der Waals surface area contributed by atoms with Crippen LogP contribution in [0.3, 0.4) is 0 Å². The number of aryl methyl sites for hydroxylation is 1. The average Bonchev–Trinajstić information content (AvgIpc) is 2.35. The molecule has 1 aromatic rings. The van der Waals surface area contributed by atoms with Crippen LogP contribution in [-0.4, -0.2) is 16.8 Å². The van der Waals surface area contributed by atoms with Gasteiger partial charge in [0.2, 0.25) is 0 Å². The van der Waals surface area contributed by atoms with Gasteiger partial charge in [-0.3, -0.25) is 4.79 Å². The van der Waals surface area contributed by atoms with Crippen molar-refractivity contribution in [2.75, 3.05) is 5.75 Å². The number of hydrogen-bond acceptors (Lipinski definition) is 2. The van der Waals surface area contributed by atoms with Crippen molar-refractivity contribution in [3.63, 3.8) is 0 Å². The van der Waals surface area contributed by atoms with E-state index < -0.39 is 0 Å². The molecule has 92 valence electrons. The van der Waals surface area contributed by atoms with Gasteiger partial charge in [-0.05, 0) is 48.8 Å². The van der Waals surface area contributed by atoms with Gasteiger partial charge in [0, 0.05) is 6.42 Å². The fourth-order valence-corrected chi connectivity index (χ4v) is 3.38. The van der Waals surface area contributed by atoms with Gasteiger partial charge in [0.1, 0.15) is 11.6 Å². The topological polar surface area (TPSA) is 17.1 Å². The van der Waals surface area contributed by atoms with Crippen LogP contribution in [0.4, 0.5) is 4.39 Å². The van der Waals surface area contributed by atoms with Gasteiger partial charge in [-0.2, -0.15) is 11.8 Å². The molecule has 0 bridgehead atoms. The zero-order valence-corrected chi connectivity index (χ0v) is 10.9. The highest BCUT2D eigenvalue weighted by Crippen LogP contribution is 2.27. The molecule has 0 aromatic heterocycles. The molecule has 0 spiro atoms. The van der Waals surface area contributed by atoms with Crippen LogP contribution < -0.4 is 0 Å². The van der Waals surface area contributed by atoms with Crippen LogP contribution >= 0.6 is 11.8 Å². The van der Waals surface area contributed by atoms with Gasteiger partial charge in [0.25, 0.3) is 0 Å². The van der Waals surface area contributed by atoms with Crippen molar-refractivity contribution in [2.45, 2.75) is 37.9 Å². The summed E-state index contributed by atoms with van der Waals surface area (Å²) >= 11 is 1.76. The van der Waals surface area contributed by atoms with Crippen LogP contribution in [0.5, 0.6) is 0 Å². The van der Waals surface area contributed by atoms with Gasteiger partial charge < -0.3 is 0 Å². The SMILES string of the molecule is Cc1ccc(F)cc1CC(=O)C1CCCCS1. The first-order chi connectivity index (χ1) is 8.16. The van der Waals surface area contributed by atoms with Crippen LogP contribution in [-0.2, 0) is 11.2 Å². The van der Waals surface area contributed by atoms with Crippen molar-refractivity contribution in [3.8, 4) is 0 Å². The Morgan fingerprint density at radius 2 is 2.29 bits per heavy atom. The van der Waals surface area contributed by atoms with Gasteiger partial charge in [-0.15, -0.1) is 0 Å². The van der Waals surface area contributed by atoms with Gasteiger partial charge in [-0.25, -0.2) is 4.39 Å². The Bertz CT molecular complexity index is 411. The van der Waals surface area contributed by atoms with Crippen molar-refractivity contribution in [1.82, 2.24) is 0 Å². The molecule has 3 heteroatoms. The first kappa shape index (κ1) is 12.6. The predicted molar refractivity (Wildman–Crippen MR) is 69.9 cm³/mol. The minimum absolute atomic E-state index is 0.131. The molecular weight excluding hydrogens is 235 g/mol. The number of carbonyl (C=O) groups excluding carboxylic acids is 1. The van der Waals surface area contributed by atoms with E-state index in [2.05, 4.69) is 0 Å². The lowest BCUT2D eigenvalue weighted by molar-refractivity contribution is -0.118. The van der Waals surface area contributed by atoms with Gasteiger partial charge in [-0.1, -0.05) is 12.5 Å². The minimum Gasteiger partial charge on any atom is -0.298 e. The summed E-state index contributed by atoms with van der Waals surface area (Å²) in [4.78, 5) is 12.1. The lowest BCUT2D eigenvalue weighted by Crippen LogP contribution is -2.23. The summed E-state index contributed by atoms with van der Waals surface area (Å²) in [6.07, 6.45) is 3.72. The third-order valence-corrected chi connectivity index (χ3v) is 4.64. The second kappa shape index (κ2) is 5.67. The van der Waals surface area contributed by atoms with Gasteiger partial charge in [0.15, 0.2) is 0 Å². The molecule has 1 unspecified atom stereocenters. The summed E-state index contributed by atoms with van der Waals surface area (Å²) in [5.41, 5.74) is 1.83. The molecular formula is C14H17FOS. The summed E-state index contributed by atoms with van der Waals surface area (Å²) < 4.78 is 13.1. The Morgan fingerprint density at radius 3 is 3.00 bits per heavy atom. The van der Waals surface area contributed by atoms with Crippen molar-refractivity contribution >= 4 is 17.5 Å². The standard InChI is InChI=1S/C14H17FOS/c1-10-5-6-12(15)8-11(10)9-13(16)14-4-2-3-7-17-14/h5-6,8,14H,2-4,7,9H2,1H3. The van der Waals surface area contributed by atoms with Gasteiger partial charge in [0.05, 0.1) is 5.25 Å². The Labute approximate surface area is 106 Å². The van der Waals surface area contributed by atoms with Crippen molar-refractivity contribution in [2.24, 2.45) is 0 Å². The smallest absolute Gasteiger partial charge is 0.150 e.